The van der Waals surface area contributed by atoms with Crippen LogP contribution < -0.4 is 10.6 Å². The lowest BCUT2D eigenvalue weighted by Crippen LogP contribution is -2.24. The second-order valence-electron chi connectivity index (χ2n) is 7.82. The number of carbonyl (C=O) groups is 2. The van der Waals surface area contributed by atoms with E-state index < -0.39 is 0 Å². The molecule has 1 heterocycles. The smallest absolute Gasteiger partial charge is 0.255 e. The van der Waals surface area contributed by atoms with Gasteiger partial charge < -0.3 is 10.6 Å². The van der Waals surface area contributed by atoms with E-state index in [-0.39, 0.29) is 17.1 Å². The van der Waals surface area contributed by atoms with Crippen LogP contribution in [0.15, 0.2) is 83.1 Å². The first kappa shape index (κ1) is 25.0. The number of thiazole rings is 1. The second-order valence-corrected chi connectivity index (χ2v) is 10.4. The Labute approximate surface area is 218 Å². The summed E-state index contributed by atoms with van der Waals surface area (Å²) in [5, 5.41) is 8.60. The maximum absolute atomic E-state index is 13.0. The van der Waals surface area contributed by atoms with Crippen molar-refractivity contribution in [2.24, 2.45) is 0 Å². The summed E-state index contributed by atoms with van der Waals surface area (Å²) in [6, 6.07) is 22.5. The summed E-state index contributed by atoms with van der Waals surface area (Å²) in [6.45, 7) is 3.88. The summed E-state index contributed by atoms with van der Waals surface area (Å²) in [5.41, 5.74) is 3.79. The number of thioether (sulfide) groups is 1. The Morgan fingerprint density at radius 3 is 2.57 bits per heavy atom. The van der Waals surface area contributed by atoms with Gasteiger partial charge in [0.2, 0.25) is 5.91 Å². The summed E-state index contributed by atoms with van der Waals surface area (Å²) < 4.78 is 0. The Morgan fingerprint density at radius 1 is 1.03 bits per heavy atom. The van der Waals surface area contributed by atoms with E-state index in [9.17, 15) is 9.59 Å². The van der Waals surface area contributed by atoms with Crippen LogP contribution >= 0.6 is 34.7 Å². The topological polar surface area (TPSA) is 71.1 Å². The molecule has 3 aromatic carbocycles. The van der Waals surface area contributed by atoms with Crippen LogP contribution in [0.1, 0.15) is 29.3 Å². The van der Waals surface area contributed by atoms with Gasteiger partial charge in [0.05, 0.1) is 10.9 Å². The molecule has 0 radical (unpaired) electrons. The molecule has 35 heavy (non-hydrogen) atoms. The van der Waals surface area contributed by atoms with E-state index in [4.69, 9.17) is 11.6 Å². The summed E-state index contributed by atoms with van der Waals surface area (Å²) in [5.74, 6) is -0.278. The summed E-state index contributed by atoms with van der Waals surface area (Å²) >= 11 is 9.09. The second kappa shape index (κ2) is 11.5. The Bertz CT molecular complexity index is 1360. The fourth-order valence-corrected chi connectivity index (χ4v) is 5.43. The molecule has 4 rings (SSSR count). The van der Waals surface area contributed by atoms with E-state index in [1.54, 1.807) is 6.07 Å². The first-order valence-electron chi connectivity index (χ1n) is 11.1. The van der Waals surface area contributed by atoms with Gasteiger partial charge in [0.1, 0.15) is 0 Å². The van der Waals surface area contributed by atoms with Crippen molar-refractivity contribution < 1.29 is 9.59 Å². The molecule has 1 atom stereocenters. The Hall–Kier alpha value is -3.13. The standard InChI is InChI=1S/C27H24ClN3O2S2/c1-3-24(26(33)31-27-30-23(16-34-27)21-13-6-7-14-22(21)28)35-19-11-8-10-18(15-19)29-25(32)20-12-5-4-9-17(20)2/h4-16,24H,3H2,1-2H3,(H,29,32)(H,30,31,33). The van der Waals surface area contributed by atoms with Gasteiger partial charge in [-0.25, -0.2) is 4.98 Å². The van der Waals surface area contributed by atoms with Gasteiger partial charge >= 0.3 is 0 Å². The molecule has 0 fully saturated rings. The van der Waals surface area contributed by atoms with E-state index in [1.807, 2.05) is 86.0 Å². The first-order valence-corrected chi connectivity index (χ1v) is 13.2. The maximum atomic E-state index is 13.0. The molecule has 178 valence electrons. The number of aryl methyl sites for hydroxylation is 1. The number of nitrogens with one attached hydrogen (secondary N) is 2. The molecule has 1 aromatic heterocycles. The fourth-order valence-electron chi connectivity index (χ4n) is 3.47. The Morgan fingerprint density at radius 2 is 1.80 bits per heavy atom. The molecule has 2 N–H and O–H groups in total. The number of carbonyl (C=O) groups excluding carboxylic acids is 2. The summed E-state index contributed by atoms with van der Waals surface area (Å²) in [6.07, 6.45) is 0.638. The molecule has 0 bridgehead atoms. The minimum absolute atomic E-state index is 0.119. The largest absolute Gasteiger partial charge is 0.322 e. The minimum Gasteiger partial charge on any atom is -0.322 e. The highest BCUT2D eigenvalue weighted by Crippen LogP contribution is 2.32. The lowest BCUT2D eigenvalue weighted by molar-refractivity contribution is -0.115. The maximum Gasteiger partial charge on any atom is 0.255 e. The average Bonchev–Trinajstić information content (AvgIpc) is 3.31. The number of halogens is 1. The van der Waals surface area contributed by atoms with Crippen LogP contribution in [0.4, 0.5) is 10.8 Å². The summed E-state index contributed by atoms with van der Waals surface area (Å²) in [7, 11) is 0. The van der Waals surface area contributed by atoms with Crippen molar-refractivity contribution in [2.75, 3.05) is 10.6 Å². The van der Waals surface area contributed by atoms with Crippen LogP contribution in [0.5, 0.6) is 0 Å². The molecule has 2 amide bonds. The average molecular weight is 522 g/mol. The van der Waals surface area contributed by atoms with E-state index in [1.165, 1.54) is 23.1 Å². The Balaban J connectivity index is 1.41. The highest BCUT2D eigenvalue weighted by molar-refractivity contribution is 8.00. The molecule has 0 aliphatic rings. The number of anilines is 2. The highest BCUT2D eigenvalue weighted by Gasteiger charge is 2.20. The van der Waals surface area contributed by atoms with Gasteiger partial charge in [0.25, 0.3) is 5.91 Å². The number of nitrogens with zero attached hydrogens (tertiary/aromatic N) is 1. The third-order valence-electron chi connectivity index (χ3n) is 5.31. The predicted molar refractivity (Wildman–Crippen MR) is 147 cm³/mol. The number of hydrogen-bond donors (Lipinski definition) is 2. The van der Waals surface area contributed by atoms with Crippen molar-refractivity contribution in [3.8, 4) is 11.3 Å². The van der Waals surface area contributed by atoms with Gasteiger partial charge in [0.15, 0.2) is 5.13 Å². The van der Waals surface area contributed by atoms with Crippen molar-refractivity contribution in [3.05, 3.63) is 94.3 Å². The van der Waals surface area contributed by atoms with Crippen LogP contribution in [0.2, 0.25) is 5.02 Å². The quantitative estimate of drug-likeness (QED) is 0.235. The van der Waals surface area contributed by atoms with Gasteiger partial charge in [-0.15, -0.1) is 23.1 Å². The predicted octanol–water partition coefficient (Wildman–Crippen LogP) is 7.53. The van der Waals surface area contributed by atoms with Crippen LogP contribution in [-0.4, -0.2) is 22.0 Å². The summed E-state index contributed by atoms with van der Waals surface area (Å²) in [4.78, 5) is 31.1. The molecule has 0 spiro atoms. The van der Waals surface area contributed by atoms with Gasteiger partial charge in [-0.1, -0.05) is 61.0 Å². The number of amides is 2. The number of aromatic nitrogens is 1. The van der Waals surface area contributed by atoms with Crippen LogP contribution in [-0.2, 0) is 4.79 Å². The molecule has 0 saturated heterocycles. The third-order valence-corrected chi connectivity index (χ3v) is 7.75. The third kappa shape index (κ3) is 6.31. The Kier molecular flexibility index (Phi) is 8.23. The molecule has 5 nitrogen and oxygen atoms in total. The van der Waals surface area contributed by atoms with Crippen LogP contribution in [0, 0.1) is 6.92 Å². The molecule has 1 unspecified atom stereocenters. The lowest BCUT2D eigenvalue weighted by atomic mass is 10.1. The van der Waals surface area contributed by atoms with Crippen LogP contribution in [0.25, 0.3) is 11.3 Å². The van der Waals surface area contributed by atoms with Crippen molar-refractivity contribution in [3.63, 3.8) is 0 Å². The molecule has 8 heteroatoms. The van der Waals surface area contributed by atoms with Crippen molar-refractivity contribution in [1.29, 1.82) is 0 Å². The van der Waals surface area contributed by atoms with E-state index in [0.717, 1.165) is 21.7 Å². The lowest BCUT2D eigenvalue weighted by Gasteiger charge is -2.14. The zero-order valence-corrected chi connectivity index (χ0v) is 21.6. The zero-order valence-electron chi connectivity index (χ0n) is 19.2. The molecular formula is C27H24ClN3O2S2. The number of rotatable bonds is 8. The molecular weight excluding hydrogens is 498 g/mol. The van der Waals surface area contributed by atoms with E-state index in [2.05, 4.69) is 15.6 Å². The number of hydrogen-bond acceptors (Lipinski definition) is 5. The minimum atomic E-state index is -0.315. The SMILES string of the molecule is CCC(Sc1cccc(NC(=O)c2ccccc2C)c1)C(=O)Nc1nc(-c2ccccc2Cl)cs1. The van der Waals surface area contributed by atoms with Crippen molar-refractivity contribution in [2.45, 2.75) is 30.4 Å². The highest BCUT2D eigenvalue weighted by atomic mass is 35.5. The molecule has 0 aliphatic heterocycles. The monoisotopic (exact) mass is 521 g/mol. The van der Waals surface area contributed by atoms with Gasteiger partial charge in [-0.05, 0) is 49.2 Å². The molecule has 0 aliphatic carbocycles. The number of benzene rings is 3. The van der Waals surface area contributed by atoms with Crippen LogP contribution in [0.3, 0.4) is 0 Å². The normalized spacial score (nSPS) is 11.6. The van der Waals surface area contributed by atoms with Crippen molar-refractivity contribution >= 4 is 57.3 Å². The first-order chi connectivity index (χ1) is 16.9. The van der Waals surface area contributed by atoms with Gasteiger partial charge in [0, 0.05) is 32.1 Å². The van der Waals surface area contributed by atoms with E-state index >= 15 is 0 Å². The zero-order chi connectivity index (χ0) is 24.8. The molecule has 0 saturated carbocycles. The van der Waals surface area contributed by atoms with Gasteiger partial charge in [-0.3, -0.25) is 9.59 Å². The van der Waals surface area contributed by atoms with Crippen molar-refractivity contribution in [1.82, 2.24) is 4.98 Å². The molecule has 4 aromatic rings. The van der Waals surface area contributed by atoms with E-state index in [0.29, 0.717) is 27.8 Å². The fraction of sp³-hybridized carbons (Fsp3) is 0.148. The van der Waals surface area contributed by atoms with Gasteiger partial charge in [-0.2, -0.15) is 0 Å².